The molecule has 0 bridgehead atoms. The fourth-order valence-electron chi connectivity index (χ4n) is 3.76. The number of aryl methyl sites for hydroxylation is 1. The van der Waals surface area contributed by atoms with Crippen molar-refractivity contribution < 1.29 is 9.59 Å². The second kappa shape index (κ2) is 8.54. The van der Waals surface area contributed by atoms with E-state index >= 15 is 0 Å². The first-order valence-corrected chi connectivity index (χ1v) is 9.71. The Morgan fingerprint density at radius 3 is 2.19 bits per heavy atom. The average molecular weight is 358 g/mol. The molecule has 142 valence electrons. The Labute approximate surface area is 155 Å². The molecule has 2 aliphatic rings. The maximum absolute atomic E-state index is 12.7. The molecular formula is C20H30N4O2. The smallest absolute Gasteiger partial charge is 0.317 e. The van der Waals surface area contributed by atoms with E-state index in [-0.39, 0.29) is 11.9 Å². The Bertz CT molecular complexity index is 617. The second-order valence-corrected chi connectivity index (χ2v) is 7.49. The number of nitrogens with one attached hydrogen (secondary N) is 1. The van der Waals surface area contributed by atoms with E-state index in [1.807, 2.05) is 36.1 Å². The highest BCUT2D eigenvalue weighted by Crippen LogP contribution is 2.18. The van der Waals surface area contributed by atoms with E-state index in [1.54, 1.807) is 4.90 Å². The van der Waals surface area contributed by atoms with Gasteiger partial charge in [-0.25, -0.2) is 4.79 Å². The van der Waals surface area contributed by atoms with Crippen LogP contribution in [0.2, 0.25) is 0 Å². The van der Waals surface area contributed by atoms with Crippen molar-refractivity contribution in [2.75, 3.05) is 26.2 Å². The third-order valence-corrected chi connectivity index (χ3v) is 5.51. The summed E-state index contributed by atoms with van der Waals surface area (Å²) in [6.07, 6.45) is 5.83. The van der Waals surface area contributed by atoms with Gasteiger partial charge in [0.15, 0.2) is 0 Å². The van der Waals surface area contributed by atoms with Gasteiger partial charge in [-0.1, -0.05) is 49.1 Å². The number of amides is 3. The minimum Gasteiger partial charge on any atom is -0.337 e. The Morgan fingerprint density at radius 1 is 1.00 bits per heavy atom. The second-order valence-electron chi connectivity index (χ2n) is 7.49. The van der Waals surface area contributed by atoms with E-state index in [0.29, 0.717) is 32.2 Å². The zero-order valence-corrected chi connectivity index (χ0v) is 15.6. The predicted molar refractivity (Wildman–Crippen MR) is 102 cm³/mol. The van der Waals surface area contributed by atoms with E-state index in [1.165, 1.54) is 19.3 Å². The SMILES string of the molecule is Cc1ccc(C(N)C(=O)N2CCN(C(=O)NC3CCCCC3)CC2)cc1. The highest BCUT2D eigenvalue weighted by molar-refractivity contribution is 5.83. The van der Waals surface area contributed by atoms with Crippen molar-refractivity contribution in [3.05, 3.63) is 35.4 Å². The molecule has 0 spiro atoms. The minimum absolute atomic E-state index is 0.00633. The molecule has 3 rings (SSSR count). The fraction of sp³-hybridized carbons (Fsp3) is 0.600. The van der Waals surface area contributed by atoms with Crippen LogP contribution < -0.4 is 11.1 Å². The molecule has 6 nitrogen and oxygen atoms in total. The van der Waals surface area contributed by atoms with Crippen molar-refractivity contribution in [1.29, 1.82) is 0 Å². The van der Waals surface area contributed by atoms with E-state index in [4.69, 9.17) is 5.73 Å². The van der Waals surface area contributed by atoms with Crippen LogP contribution in [-0.2, 0) is 4.79 Å². The van der Waals surface area contributed by atoms with Crippen LogP contribution in [0.15, 0.2) is 24.3 Å². The lowest BCUT2D eigenvalue weighted by molar-refractivity contribution is -0.134. The number of piperazine rings is 1. The third-order valence-electron chi connectivity index (χ3n) is 5.51. The molecular weight excluding hydrogens is 328 g/mol. The van der Waals surface area contributed by atoms with Gasteiger partial charge in [-0.2, -0.15) is 0 Å². The van der Waals surface area contributed by atoms with Crippen molar-refractivity contribution in [2.24, 2.45) is 5.73 Å². The largest absolute Gasteiger partial charge is 0.337 e. The van der Waals surface area contributed by atoms with Gasteiger partial charge in [-0.05, 0) is 25.3 Å². The molecule has 26 heavy (non-hydrogen) atoms. The number of carbonyl (C=O) groups excluding carboxylic acids is 2. The van der Waals surface area contributed by atoms with Crippen LogP contribution in [0.25, 0.3) is 0 Å². The van der Waals surface area contributed by atoms with Gasteiger partial charge < -0.3 is 20.9 Å². The summed E-state index contributed by atoms with van der Waals surface area (Å²) in [5.41, 5.74) is 8.13. The number of hydrogen-bond donors (Lipinski definition) is 2. The molecule has 1 aromatic rings. The summed E-state index contributed by atoms with van der Waals surface area (Å²) in [5, 5.41) is 3.15. The molecule has 1 aromatic carbocycles. The maximum Gasteiger partial charge on any atom is 0.317 e. The predicted octanol–water partition coefficient (Wildman–Crippen LogP) is 2.18. The molecule has 1 aliphatic carbocycles. The zero-order valence-electron chi connectivity index (χ0n) is 15.6. The van der Waals surface area contributed by atoms with E-state index in [9.17, 15) is 9.59 Å². The van der Waals surface area contributed by atoms with Gasteiger partial charge in [0, 0.05) is 32.2 Å². The summed E-state index contributed by atoms with van der Waals surface area (Å²) in [4.78, 5) is 28.7. The summed E-state index contributed by atoms with van der Waals surface area (Å²) in [7, 11) is 0. The molecule has 1 saturated heterocycles. The third kappa shape index (κ3) is 4.55. The van der Waals surface area contributed by atoms with Crippen molar-refractivity contribution in [1.82, 2.24) is 15.1 Å². The Balaban J connectivity index is 1.48. The maximum atomic E-state index is 12.7. The summed E-state index contributed by atoms with van der Waals surface area (Å²) in [6, 6.07) is 7.43. The molecule has 1 unspecified atom stereocenters. The lowest BCUT2D eigenvalue weighted by atomic mass is 9.96. The first-order valence-electron chi connectivity index (χ1n) is 9.71. The first kappa shape index (κ1) is 18.7. The monoisotopic (exact) mass is 358 g/mol. The quantitative estimate of drug-likeness (QED) is 0.869. The van der Waals surface area contributed by atoms with Crippen LogP contribution in [-0.4, -0.2) is 54.0 Å². The van der Waals surface area contributed by atoms with Crippen molar-refractivity contribution >= 4 is 11.9 Å². The van der Waals surface area contributed by atoms with Gasteiger partial charge >= 0.3 is 6.03 Å². The average Bonchev–Trinajstić information content (AvgIpc) is 2.68. The van der Waals surface area contributed by atoms with Gasteiger partial charge in [0.2, 0.25) is 5.91 Å². The van der Waals surface area contributed by atoms with Crippen LogP contribution in [0.1, 0.15) is 49.3 Å². The summed E-state index contributed by atoms with van der Waals surface area (Å²) >= 11 is 0. The van der Waals surface area contributed by atoms with E-state index in [2.05, 4.69) is 5.32 Å². The molecule has 3 N–H and O–H groups in total. The van der Waals surface area contributed by atoms with Crippen molar-refractivity contribution in [3.8, 4) is 0 Å². The highest BCUT2D eigenvalue weighted by Gasteiger charge is 2.28. The normalized spacial score (nSPS) is 19.9. The van der Waals surface area contributed by atoms with Crippen LogP contribution in [0.5, 0.6) is 0 Å². The fourth-order valence-corrected chi connectivity index (χ4v) is 3.76. The van der Waals surface area contributed by atoms with Crippen LogP contribution in [0.4, 0.5) is 4.79 Å². The number of benzene rings is 1. The Hall–Kier alpha value is -2.08. The van der Waals surface area contributed by atoms with Crippen LogP contribution in [0, 0.1) is 6.92 Å². The summed E-state index contributed by atoms with van der Waals surface area (Å²) in [5.74, 6) is -0.0683. The lowest BCUT2D eigenvalue weighted by Gasteiger charge is -2.37. The topological polar surface area (TPSA) is 78.7 Å². The lowest BCUT2D eigenvalue weighted by Crippen LogP contribution is -2.55. The van der Waals surface area contributed by atoms with Crippen LogP contribution >= 0.6 is 0 Å². The molecule has 2 fully saturated rings. The summed E-state index contributed by atoms with van der Waals surface area (Å²) < 4.78 is 0. The molecule has 3 amide bonds. The Morgan fingerprint density at radius 2 is 1.58 bits per heavy atom. The minimum atomic E-state index is -0.641. The van der Waals surface area contributed by atoms with Crippen LogP contribution in [0.3, 0.4) is 0 Å². The number of carbonyl (C=O) groups is 2. The van der Waals surface area contributed by atoms with Gasteiger partial charge in [-0.15, -0.1) is 0 Å². The van der Waals surface area contributed by atoms with Gasteiger partial charge in [0.1, 0.15) is 6.04 Å². The molecule has 0 radical (unpaired) electrons. The van der Waals surface area contributed by atoms with E-state index < -0.39 is 6.04 Å². The summed E-state index contributed by atoms with van der Waals surface area (Å²) in [6.45, 7) is 4.21. The Kier molecular flexibility index (Phi) is 6.14. The number of nitrogens with zero attached hydrogens (tertiary/aromatic N) is 2. The van der Waals surface area contributed by atoms with Gasteiger partial charge in [0.25, 0.3) is 0 Å². The number of hydrogen-bond acceptors (Lipinski definition) is 3. The molecule has 6 heteroatoms. The van der Waals surface area contributed by atoms with Crippen molar-refractivity contribution in [2.45, 2.75) is 51.1 Å². The van der Waals surface area contributed by atoms with Gasteiger partial charge in [0.05, 0.1) is 0 Å². The molecule has 1 atom stereocenters. The van der Waals surface area contributed by atoms with Gasteiger partial charge in [-0.3, -0.25) is 4.79 Å². The van der Waals surface area contributed by atoms with Crippen molar-refractivity contribution in [3.63, 3.8) is 0 Å². The standard InChI is InChI=1S/C20H30N4O2/c1-15-7-9-16(10-8-15)18(21)19(25)23-11-13-24(14-12-23)20(26)22-17-5-3-2-4-6-17/h7-10,17-18H,2-6,11-14,21H2,1H3,(H,22,26). The zero-order chi connectivity index (χ0) is 18.5. The number of urea groups is 1. The first-order chi connectivity index (χ1) is 12.5. The number of rotatable bonds is 3. The molecule has 1 saturated carbocycles. The number of nitrogens with two attached hydrogens (primary N) is 1. The van der Waals surface area contributed by atoms with E-state index in [0.717, 1.165) is 24.0 Å². The molecule has 0 aromatic heterocycles. The molecule has 1 heterocycles. The molecule has 1 aliphatic heterocycles. The highest BCUT2D eigenvalue weighted by atomic mass is 16.2.